The van der Waals surface area contributed by atoms with Crippen molar-refractivity contribution in [3.8, 4) is 58.3 Å². The second kappa shape index (κ2) is 18.3. The van der Waals surface area contributed by atoms with E-state index in [-0.39, 0.29) is 0 Å². The molecule has 0 bridgehead atoms. The smallest absolute Gasteiger partial charge is 0.101 e. The normalized spacial score (nSPS) is 11.9. The fraction of sp³-hybridized carbons (Fsp3) is 0.180. The number of rotatable bonds is 14. The Balaban J connectivity index is 1.12. The highest BCUT2D eigenvalue weighted by molar-refractivity contribution is 7.25. The van der Waals surface area contributed by atoms with Crippen LogP contribution in [0.2, 0.25) is 0 Å². The summed E-state index contributed by atoms with van der Waals surface area (Å²) in [5, 5.41) is 16.7. The van der Waals surface area contributed by atoms with Crippen molar-refractivity contribution in [1.29, 1.82) is 5.26 Å². The number of aryl methyl sites for hydroxylation is 2. The van der Waals surface area contributed by atoms with Crippen LogP contribution < -0.4 is 0 Å². The molecule has 6 aromatic heterocycles. The van der Waals surface area contributed by atoms with E-state index < -0.39 is 0 Å². The first kappa shape index (κ1) is 39.3. The lowest BCUT2D eigenvalue weighted by atomic mass is 9.88. The van der Waals surface area contributed by atoms with E-state index in [1.807, 2.05) is 64.5 Å². The van der Waals surface area contributed by atoms with E-state index in [0.29, 0.717) is 0 Å². The number of hydrogen-bond acceptors (Lipinski definition) is 7. The van der Waals surface area contributed by atoms with Gasteiger partial charge in [0, 0.05) is 54.3 Å². The molecule has 0 N–H and O–H groups in total. The van der Waals surface area contributed by atoms with Crippen molar-refractivity contribution in [2.24, 2.45) is 0 Å². The van der Waals surface area contributed by atoms with Crippen LogP contribution in [0.25, 0.3) is 74.5 Å². The van der Waals surface area contributed by atoms with E-state index in [1.165, 1.54) is 78.5 Å². The van der Waals surface area contributed by atoms with Crippen LogP contribution in [0.15, 0.2) is 108 Å². The van der Waals surface area contributed by atoms with Crippen LogP contribution in [0.3, 0.4) is 0 Å². The zero-order valence-electron chi connectivity index (χ0n) is 32.2. The highest BCUT2D eigenvalue weighted by atomic mass is 32.1. The molecular formula is C50H41NS6. The third kappa shape index (κ3) is 8.66. The summed E-state index contributed by atoms with van der Waals surface area (Å²) >= 11 is 10.7. The van der Waals surface area contributed by atoms with Crippen LogP contribution >= 0.6 is 68.0 Å². The lowest BCUT2D eigenvalue weighted by molar-refractivity contribution is 0.797. The number of hydrogen-bond donors (Lipinski definition) is 0. The van der Waals surface area contributed by atoms with Crippen LogP contribution in [0.4, 0.5) is 0 Å². The molecule has 282 valence electrons. The average Bonchev–Trinajstić information content (AvgIpc) is 4.08. The van der Waals surface area contributed by atoms with Gasteiger partial charge in [-0.25, -0.2) is 0 Å². The molecule has 0 saturated carbocycles. The number of nitriles is 1. The van der Waals surface area contributed by atoms with E-state index >= 15 is 0 Å². The Hall–Kier alpha value is -4.57. The van der Waals surface area contributed by atoms with Gasteiger partial charge in [-0.05, 0) is 149 Å². The molecule has 0 unspecified atom stereocenters. The van der Waals surface area contributed by atoms with Gasteiger partial charge in [0.25, 0.3) is 0 Å². The highest BCUT2D eigenvalue weighted by Crippen LogP contribution is 2.45. The Kier molecular flexibility index (Phi) is 12.6. The molecule has 1 nitrogen and oxygen atoms in total. The first-order valence-corrected chi connectivity index (χ1v) is 24.4. The molecule has 0 amide bonds. The van der Waals surface area contributed by atoms with Gasteiger partial charge in [-0.3, -0.25) is 0 Å². The van der Waals surface area contributed by atoms with Crippen molar-refractivity contribution in [3.63, 3.8) is 0 Å². The third-order valence-corrected chi connectivity index (χ3v) is 16.5. The molecule has 0 saturated heterocycles. The van der Waals surface area contributed by atoms with Crippen molar-refractivity contribution in [2.75, 3.05) is 0 Å². The summed E-state index contributed by atoms with van der Waals surface area (Å²) in [6, 6.07) is 38.3. The summed E-state index contributed by atoms with van der Waals surface area (Å²) < 4.78 is 0. The van der Waals surface area contributed by atoms with Gasteiger partial charge in [-0.1, -0.05) is 69.0 Å². The molecule has 2 aromatic carbocycles. The molecule has 0 aliphatic heterocycles. The predicted molar refractivity (Wildman–Crippen MR) is 258 cm³/mol. The minimum atomic E-state index is 0.717. The molecule has 6 heterocycles. The summed E-state index contributed by atoms with van der Waals surface area (Å²) in [6.45, 7) is 6.49. The Labute approximate surface area is 360 Å². The van der Waals surface area contributed by atoms with Crippen LogP contribution in [0, 0.1) is 23.2 Å². The first-order chi connectivity index (χ1) is 28.1. The number of fused-ring (bicyclic) bond motifs is 1. The van der Waals surface area contributed by atoms with Crippen molar-refractivity contribution in [3.05, 3.63) is 138 Å². The molecule has 0 fully saturated rings. The van der Waals surface area contributed by atoms with Gasteiger partial charge in [0.2, 0.25) is 0 Å². The second-order valence-corrected chi connectivity index (χ2v) is 20.1. The summed E-state index contributed by atoms with van der Waals surface area (Å²) in [5.41, 5.74) is 7.47. The second-order valence-electron chi connectivity index (χ2n) is 13.8. The fourth-order valence-corrected chi connectivity index (χ4v) is 12.8. The average molecular weight is 848 g/mol. The van der Waals surface area contributed by atoms with Crippen molar-refractivity contribution >= 4 is 102 Å². The number of nitrogens with zero attached hydrogens (tertiary/aromatic N) is 1. The SMILES string of the molecule is CC#C/C(=C\c1ccc(-c2ccc(-c3ccc4c(CCCC)c(-c5ccc(-c6ccc(/C=C(\C#N)c7cccs7)s6)s5)ccc4c3CCCC)s2)s1)c1cccs1. The molecule has 8 aromatic rings. The number of benzene rings is 2. The number of unbranched alkanes of at least 4 members (excludes halogenated alkanes) is 2. The maximum Gasteiger partial charge on any atom is 0.101 e. The van der Waals surface area contributed by atoms with Crippen LogP contribution in [-0.4, -0.2) is 0 Å². The van der Waals surface area contributed by atoms with Crippen molar-refractivity contribution in [2.45, 2.75) is 59.3 Å². The van der Waals surface area contributed by atoms with Crippen LogP contribution in [0.5, 0.6) is 0 Å². The van der Waals surface area contributed by atoms with Gasteiger partial charge in [-0.2, -0.15) is 5.26 Å². The lowest BCUT2D eigenvalue weighted by Crippen LogP contribution is -1.97. The van der Waals surface area contributed by atoms with Gasteiger partial charge in [0.1, 0.15) is 6.07 Å². The standard InChI is InChI=1S/C50H41NS6/c1-4-7-12-37-39-19-21-42(46-25-27-50(57-46)48-23-17-36(55-48)31-34(32-51)44-15-10-29-53-44)38(13-8-5-2)40(39)18-20-41(37)45-24-26-49(56-45)47-22-16-35(54-47)30-33(11-6-3)43-14-9-28-52-43/h9-10,14-31H,4-5,7-8,12-13H2,1-3H3/b33-30+,34-31+. The van der Waals surface area contributed by atoms with Crippen molar-refractivity contribution < 1.29 is 0 Å². The zero-order valence-corrected chi connectivity index (χ0v) is 37.1. The first-order valence-electron chi connectivity index (χ1n) is 19.4. The minimum absolute atomic E-state index is 0.717. The molecule has 0 aliphatic rings. The maximum atomic E-state index is 9.80. The monoisotopic (exact) mass is 847 g/mol. The summed E-state index contributed by atoms with van der Waals surface area (Å²) in [6.07, 6.45) is 11.0. The molecule has 0 aliphatic carbocycles. The van der Waals surface area contributed by atoms with E-state index in [9.17, 15) is 5.26 Å². The topological polar surface area (TPSA) is 23.8 Å². The van der Waals surface area contributed by atoms with E-state index in [0.717, 1.165) is 53.0 Å². The van der Waals surface area contributed by atoms with Gasteiger partial charge < -0.3 is 0 Å². The number of thiophene rings is 6. The van der Waals surface area contributed by atoms with Crippen LogP contribution in [-0.2, 0) is 12.8 Å². The summed E-state index contributed by atoms with van der Waals surface area (Å²) in [7, 11) is 0. The van der Waals surface area contributed by atoms with Crippen LogP contribution in [0.1, 0.15) is 77.1 Å². The third-order valence-electron chi connectivity index (χ3n) is 9.99. The van der Waals surface area contributed by atoms with Gasteiger partial charge in [-0.15, -0.1) is 73.9 Å². The molecule has 0 radical (unpaired) electrons. The molecule has 57 heavy (non-hydrogen) atoms. The summed E-state index contributed by atoms with van der Waals surface area (Å²) in [4.78, 5) is 12.3. The van der Waals surface area contributed by atoms with E-state index in [4.69, 9.17) is 0 Å². The predicted octanol–water partition coefficient (Wildman–Crippen LogP) is 17.2. The molecule has 8 rings (SSSR count). The number of allylic oxidation sites excluding steroid dienone is 2. The molecule has 0 spiro atoms. The highest BCUT2D eigenvalue weighted by Gasteiger charge is 2.19. The molecular weight excluding hydrogens is 807 g/mol. The zero-order chi connectivity index (χ0) is 39.1. The van der Waals surface area contributed by atoms with E-state index in [1.54, 1.807) is 34.0 Å². The largest absolute Gasteiger partial charge is 0.192 e. The van der Waals surface area contributed by atoms with E-state index in [2.05, 4.69) is 128 Å². The molecule has 0 atom stereocenters. The fourth-order valence-electron chi connectivity index (χ4n) is 7.20. The Morgan fingerprint density at radius 2 is 1.00 bits per heavy atom. The quantitative estimate of drug-likeness (QED) is 0.0790. The lowest BCUT2D eigenvalue weighted by Gasteiger charge is -2.17. The Morgan fingerprint density at radius 1 is 0.544 bits per heavy atom. The maximum absolute atomic E-state index is 9.80. The minimum Gasteiger partial charge on any atom is -0.192 e. The van der Waals surface area contributed by atoms with Gasteiger partial charge in [0.05, 0.1) is 5.57 Å². The summed E-state index contributed by atoms with van der Waals surface area (Å²) in [5.74, 6) is 6.41. The molecule has 7 heteroatoms. The Bertz CT molecular complexity index is 2790. The Morgan fingerprint density at radius 3 is 1.46 bits per heavy atom. The van der Waals surface area contributed by atoms with Crippen molar-refractivity contribution in [1.82, 2.24) is 0 Å². The van der Waals surface area contributed by atoms with Gasteiger partial charge >= 0.3 is 0 Å². The van der Waals surface area contributed by atoms with Gasteiger partial charge in [0.15, 0.2) is 0 Å².